The maximum absolute atomic E-state index is 12.1. The second kappa shape index (κ2) is 6.42. The largest absolute Gasteiger partial charge is 0.334 e. The molecule has 2 N–H and O–H groups in total. The third-order valence-electron chi connectivity index (χ3n) is 2.64. The van der Waals surface area contributed by atoms with Gasteiger partial charge in [0.1, 0.15) is 9.90 Å². The number of rotatable bonds is 3. The Kier molecular flexibility index (Phi) is 4.92. The van der Waals surface area contributed by atoms with Crippen molar-refractivity contribution in [3.05, 3.63) is 34.3 Å². The molecule has 0 aliphatic carbocycles. The van der Waals surface area contributed by atoms with E-state index >= 15 is 0 Å². The summed E-state index contributed by atoms with van der Waals surface area (Å²) >= 11 is 7.01. The molecule has 2 rings (SSSR count). The van der Waals surface area contributed by atoms with Crippen molar-refractivity contribution < 1.29 is 13.2 Å². The first-order valence-corrected chi connectivity index (χ1v) is 9.20. The molecule has 2 amide bonds. The van der Waals surface area contributed by atoms with Crippen LogP contribution in [0.3, 0.4) is 0 Å². The molecule has 23 heavy (non-hydrogen) atoms. The van der Waals surface area contributed by atoms with E-state index in [1.807, 2.05) is 25.5 Å². The number of benzene rings is 1. The predicted octanol–water partition coefficient (Wildman–Crippen LogP) is 3.00. The van der Waals surface area contributed by atoms with Gasteiger partial charge in [-0.05, 0) is 12.1 Å². The molecule has 10 heteroatoms. The zero-order valence-corrected chi connectivity index (χ0v) is 15.0. The van der Waals surface area contributed by atoms with Crippen LogP contribution < -0.4 is 10.0 Å². The van der Waals surface area contributed by atoms with Gasteiger partial charge < -0.3 is 0 Å². The van der Waals surface area contributed by atoms with E-state index < -0.39 is 16.1 Å². The van der Waals surface area contributed by atoms with E-state index in [9.17, 15) is 13.2 Å². The number of anilines is 1. The maximum Gasteiger partial charge on any atom is 0.334 e. The van der Waals surface area contributed by atoms with Crippen LogP contribution in [0.1, 0.15) is 25.8 Å². The number of hydrogen-bond acceptors (Lipinski definition) is 6. The highest BCUT2D eigenvalue weighted by molar-refractivity contribution is 7.90. The fourth-order valence-electron chi connectivity index (χ4n) is 1.54. The van der Waals surface area contributed by atoms with Gasteiger partial charge in [0.25, 0.3) is 10.0 Å². The van der Waals surface area contributed by atoms with E-state index in [-0.39, 0.29) is 20.5 Å². The minimum absolute atomic E-state index is 0.0266. The normalized spacial score (nSPS) is 12.0. The molecule has 7 nitrogen and oxygen atoms in total. The van der Waals surface area contributed by atoms with Gasteiger partial charge in [0.2, 0.25) is 5.13 Å². The Morgan fingerprint density at radius 2 is 1.87 bits per heavy atom. The van der Waals surface area contributed by atoms with Gasteiger partial charge in [-0.25, -0.2) is 17.9 Å². The SMILES string of the molecule is CC(C)(C)c1nnc(NC(=O)NS(=O)(=O)c2ccccc2Cl)s1. The van der Waals surface area contributed by atoms with E-state index in [4.69, 9.17) is 11.6 Å². The molecule has 0 bridgehead atoms. The number of urea groups is 1. The van der Waals surface area contributed by atoms with Gasteiger partial charge in [-0.15, -0.1) is 10.2 Å². The molecule has 0 aliphatic rings. The van der Waals surface area contributed by atoms with E-state index in [2.05, 4.69) is 15.5 Å². The summed E-state index contributed by atoms with van der Waals surface area (Å²) in [6.45, 7) is 5.87. The van der Waals surface area contributed by atoms with Crippen LogP contribution in [0.5, 0.6) is 0 Å². The van der Waals surface area contributed by atoms with Gasteiger partial charge in [0.15, 0.2) is 0 Å². The van der Waals surface area contributed by atoms with Gasteiger partial charge in [-0.2, -0.15) is 0 Å². The van der Waals surface area contributed by atoms with Crippen LogP contribution in [-0.2, 0) is 15.4 Å². The van der Waals surface area contributed by atoms with Crippen molar-refractivity contribution in [3.8, 4) is 0 Å². The Hall–Kier alpha value is -1.71. The zero-order valence-electron chi connectivity index (χ0n) is 12.6. The highest BCUT2D eigenvalue weighted by atomic mass is 35.5. The van der Waals surface area contributed by atoms with Crippen LogP contribution in [0, 0.1) is 0 Å². The Labute approximate surface area is 143 Å². The molecule has 1 aromatic heterocycles. The quantitative estimate of drug-likeness (QED) is 0.859. The number of amides is 2. The van der Waals surface area contributed by atoms with Gasteiger partial charge in [-0.1, -0.05) is 55.8 Å². The van der Waals surface area contributed by atoms with Crippen molar-refractivity contribution >= 4 is 44.1 Å². The van der Waals surface area contributed by atoms with Crippen molar-refractivity contribution in [2.75, 3.05) is 5.32 Å². The standard InChI is InChI=1S/C13H15ClN4O3S2/c1-13(2,3)10-16-17-12(22-10)15-11(19)18-23(20,21)9-7-5-4-6-8(9)14/h4-7H,1-3H3,(H2,15,17,18,19). The molecule has 0 fully saturated rings. The van der Waals surface area contributed by atoms with Crippen LogP contribution in [0.15, 0.2) is 29.2 Å². The molecule has 0 spiro atoms. The molecular formula is C13H15ClN4O3S2. The summed E-state index contributed by atoms with van der Waals surface area (Å²) in [5.41, 5.74) is -0.211. The molecule has 124 valence electrons. The molecule has 0 unspecified atom stereocenters. The average molecular weight is 375 g/mol. The second-order valence-electron chi connectivity index (χ2n) is 5.65. The monoisotopic (exact) mass is 374 g/mol. The lowest BCUT2D eigenvalue weighted by molar-refractivity contribution is 0.256. The lowest BCUT2D eigenvalue weighted by Crippen LogP contribution is -2.34. The topological polar surface area (TPSA) is 101 Å². The molecule has 1 aromatic carbocycles. The van der Waals surface area contributed by atoms with Gasteiger partial charge in [0.05, 0.1) is 5.02 Å². The molecule has 0 radical (unpaired) electrons. The molecule has 0 saturated carbocycles. The Morgan fingerprint density at radius 3 is 2.43 bits per heavy atom. The lowest BCUT2D eigenvalue weighted by Gasteiger charge is -2.12. The van der Waals surface area contributed by atoms with Crippen LogP contribution >= 0.6 is 22.9 Å². The number of nitrogens with one attached hydrogen (secondary N) is 2. The number of aromatic nitrogens is 2. The third kappa shape index (κ3) is 4.40. The predicted molar refractivity (Wildman–Crippen MR) is 89.4 cm³/mol. The highest BCUT2D eigenvalue weighted by Gasteiger charge is 2.23. The molecule has 0 atom stereocenters. The van der Waals surface area contributed by atoms with E-state index in [0.29, 0.717) is 0 Å². The number of nitrogens with zero attached hydrogens (tertiary/aromatic N) is 2. The van der Waals surface area contributed by atoms with Crippen molar-refractivity contribution in [2.24, 2.45) is 0 Å². The first-order valence-electron chi connectivity index (χ1n) is 6.52. The first-order chi connectivity index (χ1) is 10.6. The average Bonchev–Trinajstić information content (AvgIpc) is 2.86. The number of carbonyl (C=O) groups excluding carboxylic acids is 1. The minimum atomic E-state index is -4.07. The molecular weight excluding hydrogens is 360 g/mol. The summed E-state index contributed by atoms with van der Waals surface area (Å²) in [5.74, 6) is 0. The van der Waals surface area contributed by atoms with Crippen LogP contribution in [-0.4, -0.2) is 24.6 Å². The second-order valence-corrected chi connectivity index (χ2v) is 8.69. The van der Waals surface area contributed by atoms with Crippen molar-refractivity contribution in [1.29, 1.82) is 0 Å². The van der Waals surface area contributed by atoms with E-state index in [1.165, 1.54) is 29.5 Å². The summed E-state index contributed by atoms with van der Waals surface area (Å²) in [5, 5.41) is 11.1. The Morgan fingerprint density at radius 1 is 1.22 bits per heavy atom. The molecule has 0 saturated heterocycles. The summed E-state index contributed by atoms with van der Waals surface area (Å²) < 4.78 is 26.1. The minimum Gasteiger partial charge on any atom is -0.281 e. The summed E-state index contributed by atoms with van der Waals surface area (Å²) in [7, 11) is -4.07. The number of sulfonamides is 1. The van der Waals surface area contributed by atoms with Crippen molar-refractivity contribution in [1.82, 2.24) is 14.9 Å². The summed E-state index contributed by atoms with van der Waals surface area (Å²) in [4.78, 5) is 11.7. The van der Waals surface area contributed by atoms with Crippen molar-refractivity contribution in [3.63, 3.8) is 0 Å². The first kappa shape index (κ1) is 17.6. The van der Waals surface area contributed by atoms with Gasteiger partial charge >= 0.3 is 6.03 Å². The number of hydrogen-bond donors (Lipinski definition) is 2. The van der Waals surface area contributed by atoms with Crippen LogP contribution in [0.4, 0.5) is 9.93 Å². The number of halogens is 1. The maximum atomic E-state index is 12.1. The smallest absolute Gasteiger partial charge is 0.281 e. The van der Waals surface area contributed by atoms with Crippen LogP contribution in [0.25, 0.3) is 0 Å². The third-order valence-corrected chi connectivity index (χ3v) is 5.74. The fraction of sp³-hybridized carbons (Fsp3) is 0.308. The molecule has 0 aliphatic heterocycles. The fourth-order valence-corrected chi connectivity index (χ4v) is 3.76. The highest BCUT2D eigenvalue weighted by Crippen LogP contribution is 2.27. The lowest BCUT2D eigenvalue weighted by atomic mass is 9.98. The Balaban J connectivity index is 2.11. The van der Waals surface area contributed by atoms with Gasteiger partial charge in [0, 0.05) is 5.41 Å². The Bertz CT molecular complexity index is 828. The van der Waals surface area contributed by atoms with Crippen LogP contribution in [0.2, 0.25) is 5.02 Å². The van der Waals surface area contributed by atoms with Crippen molar-refractivity contribution in [2.45, 2.75) is 31.1 Å². The summed E-state index contributed by atoms with van der Waals surface area (Å²) in [6.07, 6.45) is 0. The zero-order chi connectivity index (χ0) is 17.3. The van der Waals surface area contributed by atoms with Gasteiger partial charge in [-0.3, -0.25) is 5.32 Å². The molecule has 1 heterocycles. The van der Waals surface area contributed by atoms with E-state index in [1.54, 1.807) is 6.07 Å². The summed E-state index contributed by atoms with van der Waals surface area (Å²) in [6, 6.07) is 4.91. The number of carbonyl (C=O) groups is 1. The van der Waals surface area contributed by atoms with E-state index in [0.717, 1.165) is 5.01 Å². The molecule has 2 aromatic rings.